The lowest BCUT2D eigenvalue weighted by atomic mass is 9.83. The molecule has 0 spiro atoms. The van der Waals surface area contributed by atoms with Gasteiger partial charge in [0.15, 0.2) is 23.0 Å². The van der Waals surface area contributed by atoms with E-state index in [1.807, 2.05) is 53.7 Å². The van der Waals surface area contributed by atoms with Crippen LogP contribution in [0.1, 0.15) is 86.8 Å². The van der Waals surface area contributed by atoms with Crippen LogP contribution in [0.2, 0.25) is 0 Å². The van der Waals surface area contributed by atoms with Gasteiger partial charge in [-0.05, 0) is 59.1 Å². The van der Waals surface area contributed by atoms with E-state index in [1.54, 1.807) is 23.5 Å². The topological polar surface area (TPSA) is 146 Å². The van der Waals surface area contributed by atoms with Gasteiger partial charge in [0.05, 0.1) is 0 Å². The van der Waals surface area contributed by atoms with Crippen molar-refractivity contribution in [3.63, 3.8) is 0 Å². The number of aliphatic imine (C=N–C) groups is 2. The lowest BCUT2D eigenvalue weighted by Gasteiger charge is -2.23. The van der Waals surface area contributed by atoms with E-state index in [0.717, 1.165) is 23.0 Å². The fourth-order valence-corrected chi connectivity index (χ4v) is 7.51. The van der Waals surface area contributed by atoms with Gasteiger partial charge in [0.25, 0.3) is 0 Å². The number of nitrogens with zero attached hydrogens (tertiary/aromatic N) is 2. The van der Waals surface area contributed by atoms with Crippen molar-refractivity contribution in [2.24, 2.45) is 9.98 Å². The zero-order chi connectivity index (χ0) is 35.4. The van der Waals surface area contributed by atoms with Crippen LogP contribution >= 0.6 is 23.5 Å². The molecule has 0 saturated carbocycles. The van der Waals surface area contributed by atoms with Crippen molar-refractivity contribution in [2.45, 2.75) is 67.2 Å². The Morgan fingerprint density at radius 3 is 1.25 bits per heavy atom. The lowest BCUT2D eigenvalue weighted by molar-refractivity contribution is 0.398. The molecular formula is C38H48N2O6S2. The smallest absolute Gasteiger partial charge is 0.167 e. The average Bonchev–Trinajstić information content (AvgIpc) is 3.01. The maximum Gasteiger partial charge on any atom is 0.167 e. The number of phenols is 6. The molecule has 0 amide bonds. The van der Waals surface area contributed by atoms with Crippen LogP contribution in [0.4, 0.5) is 0 Å². The van der Waals surface area contributed by atoms with E-state index in [0.29, 0.717) is 68.0 Å². The molecule has 0 heterocycles. The monoisotopic (exact) mass is 692 g/mol. The number of fused-ring (bicyclic) bond motifs is 2. The molecule has 0 radical (unpaired) electrons. The molecular weight excluding hydrogens is 645 g/mol. The molecule has 6 N–H and O–H groups in total. The number of aromatic hydroxyl groups is 6. The van der Waals surface area contributed by atoms with E-state index in [1.165, 1.54) is 12.4 Å². The van der Waals surface area contributed by atoms with Gasteiger partial charge < -0.3 is 30.6 Å². The molecule has 4 aromatic rings. The van der Waals surface area contributed by atoms with Crippen molar-refractivity contribution in [1.29, 1.82) is 0 Å². The second-order valence-electron chi connectivity index (χ2n) is 12.5. The highest BCUT2D eigenvalue weighted by Gasteiger charge is 2.29. The predicted octanol–water partition coefficient (Wildman–Crippen LogP) is 9.10. The van der Waals surface area contributed by atoms with E-state index in [-0.39, 0.29) is 57.5 Å². The number of thioether (sulfide) groups is 2. The van der Waals surface area contributed by atoms with Crippen LogP contribution in [0.15, 0.2) is 22.1 Å². The first kappa shape index (κ1) is 37.1. The fraction of sp³-hybridized carbons (Fsp3) is 0.421. The van der Waals surface area contributed by atoms with Crippen LogP contribution in [0, 0.1) is 13.8 Å². The van der Waals surface area contributed by atoms with E-state index < -0.39 is 0 Å². The number of phenolic OH excluding ortho intramolecular Hbond substituents is 6. The highest BCUT2D eigenvalue weighted by atomic mass is 32.2. The molecule has 4 rings (SSSR count). The molecule has 8 nitrogen and oxygen atoms in total. The van der Waals surface area contributed by atoms with Gasteiger partial charge in [-0.25, -0.2) is 0 Å². The SMILES string of the molecule is CCSCCN=Cc1c(O)c(O)c(C(C)C)c2cc(C)c(-c3c(C)cc4c(C(C)C)c(O)c(O)c(C=NCCSCC)c4c3O)c(O)c12. The van der Waals surface area contributed by atoms with Crippen LogP contribution in [-0.4, -0.2) is 79.2 Å². The summed E-state index contributed by atoms with van der Waals surface area (Å²) in [5.74, 6) is 1.49. The Morgan fingerprint density at radius 1 is 0.583 bits per heavy atom. The van der Waals surface area contributed by atoms with Crippen LogP contribution in [0.3, 0.4) is 0 Å². The van der Waals surface area contributed by atoms with Gasteiger partial charge in [-0.1, -0.05) is 53.7 Å². The highest BCUT2D eigenvalue weighted by molar-refractivity contribution is 7.99. The minimum absolute atomic E-state index is 0.178. The van der Waals surface area contributed by atoms with Crippen LogP contribution in [0.5, 0.6) is 34.5 Å². The van der Waals surface area contributed by atoms with E-state index in [9.17, 15) is 30.6 Å². The van der Waals surface area contributed by atoms with Gasteiger partial charge in [-0.2, -0.15) is 23.5 Å². The third-order valence-electron chi connectivity index (χ3n) is 8.57. The third-order valence-corrected chi connectivity index (χ3v) is 10.3. The summed E-state index contributed by atoms with van der Waals surface area (Å²) in [5.41, 5.74) is 3.31. The van der Waals surface area contributed by atoms with Gasteiger partial charge >= 0.3 is 0 Å². The minimum atomic E-state index is -0.371. The Hall–Kier alpha value is -3.76. The van der Waals surface area contributed by atoms with Gasteiger partial charge in [0.1, 0.15) is 11.5 Å². The summed E-state index contributed by atoms with van der Waals surface area (Å²) in [7, 11) is 0. The summed E-state index contributed by atoms with van der Waals surface area (Å²) in [4.78, 5) is 9.01. The van der Waals surface area contributed by atoms with Crippen molar-refractivity contribution >= 4 is 57.5 Å². The quantitative estimate of drug-likeness (QED) is 0.0462. The first-order chi connectivity index (χ1) is 22.8. The second kappa shape index (κ2) is 15.6. The molecule has 48 heavy (non-hydrogen) atoms. The Labute approximate surface area is 291 Å². The van der Waals surface area contributed by atoms with Crippen LogP contribution in [-0.2, 0) is 0 Å². The summed E-state index contributed by atoms with van der Waals surface area (Å²) in [6.07, 6.45) is 2.98. The van der Waals surface area contributed by atoms with E-state index in [4.69, 9.17) is 0 Å². The summed E-state index contributed by atoms with van der Waals surface area (Å²) >= 11 is 3.47. The Bertz CT molecular complexity index is 1760. The van der Waals surface area contributed by atoms with Gasteiger partial charge in [-0.15, -0.1) is 0 Å². The standard InChI is InChI=1S/C38H48N2O6S2/c1-9-47-13-11-39-17-25-31-23(27(19(3)4)37(45)33(25)41)15-21(7)29(35(31)43)30-22(8)16-24-28(20(5)6)38(46)34(42)26(32(24)36(30)44)18-40-12-14-48-10-2/h15-20,41-46H,9-14H2,1-8H3. The molecule has 0 atom stereocenters. The minimum Gasteiger partial charge on any atom is -0.507 e. The molecule has 0 saturated heterocycles. The van der Waals surface area contributed by atoms with Crippen molar-refractivity contribution in [2.75, 3.05) is 36.1 Å². The van der Waals surface area contributed by atoms with Crippen LogP contribution in [0.25, 0.3) is 32.7 Å². The maximum absolute atomic E-state index is 12.2. The van der Waals surface area contributed by atoms with E-state index in [2.05, 4.69) is 23.8 Å². The van der Waals surface area contributed by atoms with Crippen molar-refractivity contribution in [3.8, 4) is 45.6 Å². The maximum atomic E-state index is 12.2. The van der Waals surface area contributed by atoms with Crippen molar-refractivity contribution in [3.05, 3.63) is 45.5 Å². The van der Waals surface area contributed by atoms with Gasteiger partial charge in [0.2, 0.25) is 0 Å². The normalized spacial score (nSPS) is 12.3. The summed E-state index contributed by atoms with van der Waals surface area (Å²) in [5, 5.41) is 71.0. The highest BCUT2D eigenvalue weighted by Crippen LogP contribution is 2.54. The summed E-state index contributed by atoms with van der Waals surface area (Å²) in [6, 6.07) is 3.71. The Balaban J connectivity index is 2.14. The molecule has 258 valence electrons. The molecule has 0 aliphatic rings. The molecule has 0 unspecified atom stereocenters. The molecule has 0 aromatic heterocycles. The Morgan fingerprint density at radius 2 is 0.938 bits per heavy atom. The Kier molecular flexibility index (Phi) is 12.1. The molecule has 0 aliphatic heterocycles. The first-order valence-corrected chi connectivity index (χ1v) is 18.7. The largest absolute Gasteiger partial charge is 0.507 e. The van der Waals surface area contributed by atoms with Crippen molar-refractivity contribution in [1.82, 2.24) is 0 Å². The lowest BCUT2D eigenvalue weighted by Crippen LogP contribution is -2.01. The predicted molar refractivity (Wildman–Crippen MR) is 205 cm³/mol. The number of benzene rings is 4. The van der Waals surface area contributed by atoms with Gasteiger partial charge in [-0.3, -0.25) is 9.98 Å². The number of aryl methyl sites for hydroxylation is 2. The first-order valence-electron chi connectivity index (χ1n) is 16.4. The summed E-state index contributed by atoms with van der Waals surface area (Å²) < 4.78 is 0. The van der Waals surface area contributed by atoms with Gasteiger partial charge in [0, 0.05) is 81.2 Å². The van der Waals surface area contributed by atoms with Crippen molar-refractivity contribution < 1.29 is 30.6 Å². The number of rotatable bonds is 13. The second-order valence-corrected chi connectivity index (χ2v) is 15.3. The molecule has 4 aromatic carbocycles. The molecule has 10 heteroatoms. The molecule has 0 bridgehead atoms. The third kappa shape index (κ3) is 6.87. The van der Waals surface area contributed by atoms with E-state index >= 15 is 0 Å². The van der Waals surface area contributed by atoms with Crippen LogP contribution < -0.4 is 0 Å². The molecule has 0 aliphatic carbocycles. The zero-order valence-electron chi connectivity index (χ0n) is 29.1. The number of hydrogen-bond acceptors (Lipinski definition) is 10. The average molecular weight is 693 g/mol. The fourth-order valence-electron chi connectivity index (χ4n) is 6.46. The number of hydrogen-bond donors (Lipinski definition) is 6. The summed E-state index contributed by atoms with van der Waals surface area (Å²) in [6.45, 7) is 16.4. The zero-order valence-corrected chi connectivity index (χ0v) is 30.7. The molecule has 0 fully saturated rings.